The number of amides is 2. The molecule has 0 spiro atoms. The van der Waals surface area contributed by atoms with Crippen LogP contribution in [-0.4, -0.2) is 68.3 Å². The van der Waals surface area contributed by atoms with Crippen molar-refractivity contribution in [2.75, 3.05) is 45.3 Å². The number of methoxy groups -OCH3 is 1. The normalized spacial score (nSPS) is 16.6. The fraction of sp³-hybridized carbons (Fsp3) is 0.467. The Morgan fingerprint density at radius 2 is 2.14 bits per heavy atom. The van der Waals surface area contributed by atoms with E-state index in [9.17, 15) is 9.59 Å². The van der Waals surface area contributed by atoms with Crippen LogP contribution in [0.2, 0.25) is 0 Å². The van der Waals surface area contributed by atoms with E-state index < -0.39 is 6.04 Å². The molecule has 0 aliphatic carbocycles. The van der Waals surface area contributed by atoms with Gasteiger partial charge in [-0.1, -0.05) is 12.1 Å². The number of aliphatic hydroxyl groups excluding tert-OH is 1. The van der Waals surface area contributed by atoms with Crippen molar-refractivity contribution >= 4 is 17.5 Å². The van der Waals surface area contributed by atoms with E-state index in [-0.39, 0.29) is 25.0 Å². The van der Waals surface area contributed by atoms with Gasteiger partial charge in [0.25, 0.3) is 0 Å². The SMILES string of the molecule is CN[C@@H](CO)C(=O)N1CCN(c2ccccc2OC)C(=O)C1. The summed E-state index contributed by atoms with van der Waals surface area (Å²) < 4.78 is 5.28. The van der Waals surface area contributed by atoms with Crippen LogP contribution >= 0.6 is 0 Å². The number of anilines is 1. The maximum atomic E-state index is 12.4. The van der Waals surface area contributed by atoms with E-state index in [4.69, 9.17) is 9.84 Å². The minimum atomic E-state index is -0.675. The van der Waals surface area contributed by atoms with Gasteiger partial charge in [0, 0.05) is 13.1 Å². The second-order valence-electron chi connectivity index (χ2n) is 5.00. The number of carbonyl (C=O) groups is 2. The van der Waals surface area contributed by atoms with Gasteiger partial charge in [0.05, 0.1) is 19.4 Å². The zero-order valence-corrected chi connectivity index (χ0v) is 12.8. The van der Waals surface area contributed by atoms with E-state index in [1.807, 2.05) is 18.2 Å². The lowest BCUT2D eigenvalue weighted by atomic mass is 10.2. The molecule has 7 heteroatoms. The van der Waals surface area contributed by atoms with Crippen molar-refractivity contribution in [2.45, 2.75) is 6.04 Å². The highest BCUT2D eigenvalue weighted by molar-refractivity contribution is 5.99. The van der Waals surface area contributed by atoms with Crippen LogP contribution in [0, 0.1) is 0 Å². The number of nitrogens with one attached hydrogen (secondary N) is 1. The summed E-state index contributed by atoms with van der Waals surface area (Å²) in [6.45, 7) is 0.513. The van der Waals surface area contributed by atoms with E-state index >= 15 is 0 Å². The third-order valence-corrected chi connectivity index (χ3v) is 3.74. The molecule has 2 rings (SSSR count). The molecular weight excluding hydrogens is 286 g/mol. The van der Waals surface area contributed by atoms with Crippen molar-refractivity contribution in [3.8, 4) is 5.75 Å². The van der Waals surface area contributed by atoms with Crippen molar-refractivity contribution in [3.63, 3.8) is 0 Å². The maximum absolute atomic E-state index is 12.4. The predicted octanol–water partition coefficient (Wildman–Crippen LogP) is -0.549. The van der Waals surface area contributed by atoms with E-state index in [1.54, 1.807) is 25.1 Å². The molecule has 2 N–H and O–H groups in total. The van der Waals surface area contributed by atoms with Gasteiger partial charge in [-0.2, -0.15) is 0 Å². The average molecular weight is 307 g/mol. The highest BCUT2D eigenvalue weighted by Crippen LogP contribution is 2.28. The lowest BCUT2D eigenvalue weighted by Crippen LogP contribution is -2.57. The Balaban J connectivity index is 2.10. The number of piperazine rings is 1. The van der Waals surface area contributed by atoms with Crippen molar-refractivity contribution in [1.82, 2.24) is 10.2 Å². The first-order chi connectivity index (χ1) is 10.6. The second-order valence-corrected chi connectivity index (χ2v) is 5.00. The number of hydrogen-bond acceptors (Lipinski definition) is 5. The molecule has 1 aromatic carbocycles. The Morgan fingerprint density at radius 3 is 2.73 bits per heavy atom. The standard InChI is InChI=1S/C15H21N3O4/c1-16-11(10-19)15(21)17-7-8-18(14(20)9-17)12-5-3-4-6-13(12)22-2/h3-6,11,16,19H,7-10H2,1-2H3/t11-/m0/s1. The van der Waals surface area contributed by atoms with Gasteiger partial charge >= 0.3 is 0 Å². The number of aliphatic hydroxyl groups is 1. The smallest absolute Gasteiger partial charge is 0.246 e. The third kappa shape index (κ3) is 3.20. The minimum absolute atomic E-state index is 0.00490. The average Bonchev–Trinajstić information content (AvgIpc) is 2.55. The number of hydrogen-bond donors (Lipinski definition) is 2. The first kappa shape index (κ1) is 16.3. The summed E-state index contributed by atoms with van der Waals surface area (Å²) in [5, 5.41) is 11.9. The lowest BCUT2D eigenvalue weighted by Gasteiger charge is -2.36. The van der Waals surface area contributed by atoms with Gasteiger partial charge in [0.2, 0.25) is 11.8 Å². The molecule has 1 atom stereocenters. The van der Waals surface area contributed by atoms with E-state index in [2.05, 4.69) is 5.32 Å². The zero-order valence-electron chi connectivity index (χ0n) is 12.8. The summed E-state index contributed by atoms with van der Waals surface area (Å²) in [6.07, 6.45) is 0. The van der Waals surface area contributed by atoms with Crippen LogP contribution in [0.4, 0.5) is 5.69 Å². The van der Waals surface area contributed by atoms with Gasteiger partial charge in [-0.05, 0) is 19.2 Å². The van der Waals surface area contributed by atoms with Crippen LogP contribution < -0.4 is 15.0 Å². The fourth-order valence-electron chi connectivity index (χ4n) is 2.48. The Morgan fingerprint density at radius 1 is 1.41 bits per heavy atom. The summed E-state index contributed by atoms with van der Waals surface area (Å²) in [6, 6.07) is 6.61. The number of ether oxygens (including phenoxy) is 1. The summed E-state index contributed by atoms with van der Waals surface area (Å²) >= 11 is 0. The molecule has 0 bridgehead atoms. The monoisotopic (exact) mass is 307 g/mol. The minimum Gasteiger partial charge on any atom is -0.495 e. The first-order valence-corrected chi connectivity index (χ1v) is 7.12. The molecule has 1 aromatic rings. The van der Waals surface area contributed by atoms with Crippen molar-refractivity contribution in [1.29, 1.82) is 0 Å². The summed E-state index contributed by atoms with van der Waals surface area (Å²) in [5.74, 6) is 0.189. The van der Waals surface area contributed by atoms with E-state index in [1.165, 1.54) is 4.90 Å². The number of para-hydroxylation sites is 2. The fourth-order valence-corrected chi connectivity index (χ4v) is 2.48. The van der Waals surface area contributed by atoms with Gasteiger partial charge < -0.3 is 25.0 Å². The van der Waals surface area contributed by atoms with Gasteiger partial charge in [0.15, 0.2) is 0 Å². The Kier molecular flexibility index (Phi) is 5.35. The van der Waals surface area contributed by atoms with Crippen LogP contribution in [0.25, 0.3) is 0 Å². The number of nitrogens with zero attached hydrogens (tertiary/aromatic N) is 2. The largest absolute Gasteiger partial charge is 0.495 e. The van der Waals surface area contributed by atoms with Crippen LogP contribution in [-0.2, 0) is 9.59 Å². The lowest BCUT2D eigenvalue weighted by molar-refractivity contribution is -0.139. The molecule has 1 aliphatic heterocycles. The highest BCUT2D eigenvalue weighted by atomic mass is 16.5. The third-order valence-electron chi connectivity index (χ3n) is 3.74. The van der Waals surface area contributed by atoms with Crippen molar-refractivity contribution in [2.24, 2.45) is 0 Å². The van der Waals surface area contributed by atoms with Crippen LogP contribution in [0.5, 0.6) is 5.75 Å². The van der Waals surface area contributed by atoms with Gasteiger partial charge in [-0.3, -0.25) is 9.59 Å². The summed E-state index contributed by atoms with van der Waals surface area (Å²) in [7, 11) is 3.16. The molecule has 0 saturated carbocycles. The predicted molar refractivity (Wildman–Crippen MR) is 81.9 cm³/mol. The zero-order chi connectivity index (χ0) is 16.1. The quantitative estimate of drug-likeness (QED) is 0.763. The van der Waals surface area contributed by atoms with Crippen molar-refractivity contribution < 1.29 is 19.4 Å². The number of benzene rings is 1. The van der Waals surface area contributed by atoms with Crippen LogP contribution in [0.3, 0.4) is 0 Å². The molecular formula is C15H21N3O4. The Labute approximate surface area is 129 Å². The number of likely N-dealkylation sites (N-methyl/N-ethyl adjacent to an activating group) is 1. The van der Waals surface area contributed by atoms with Crippen molar-refractivity contribution in [3.05, 3.63) is 24.3 Å². The summed E-state index contributed by atoms with van der Waals surface area (Å²) in [5.41, 5.74) is 0.703. The molecule has 1 saturated heterocycles. The Hall–Kier alpha value is -2.12. The maximum Gasteiger partial charge on any atom is 0.246 e. The molecule has 1 fully saturated rings. The molecule has 1 aliphatic rings. The molecule has 120 valence electrons. The molecule has 22 heavy (non-hydrogen) atoms. The second kappa shape index (κ2) is 7.24. The number of carbonyl (C=O) groups excluding carboxylic acids is 2. The van der Waals surface area contributed by atoms with Gasteiger partial charge in [-0.15, -0.1) is 0 Å². The molecule has 0 radical (unpaired) electrons. The van der Waals surface area contributed by atoms with E-state index in [0.717, 1.165) is 0 Å². The highest BCUT2D eigenvalue weighted by Gasteiger charge is 2.31. The molecule has 7 nitrogen and oxygen atoms in total. The van der Waals surface area contributed by atoms with Crippen LogP contribution in [0.15, 0.2) is 24.3 Å². The first-order valence-electron chi connectivity index (χ1n) is 7.12. The van der Waals surface area contributed by atoms with Crippen LogP contribution in [0.1, 0.15) is 0 Å². The van der Waals surface area contributed by atoms with Gasteiger partial charge in [0.1, 0.15) is 18.3 Å². The molecule has 1 heterocycles. The van der Waals surface area contributed by atoms with Gasteiger partial charge in [-0.25, -0.2) is 0 Å². The topological polar surface area (TPSA) is 82.1 Å². The molecule has 0 unspecified atom stereocenters. The summed E-state index contributed by atoms with van der Waals surface area (Å²) in [4.78, 5) is 27.6. The molecule has 2 amide bonds. The number of rotatable bonds is 5. The Bertz CT molecular complexity index is 545. The molecule has 0 aromatic heterocycles. The van der Waals surface area contributed by atoms with E-state index in [0.29, 0.717) is 24.5 Å².